The summed E-state index contributed by atoms with van der Waals surface area (Å²) < 4.78 is 0. The molecule has 0 atom stereocenters. The lowest BCUT2D eigenvalue weighted by atomic mass is 10.4. The van der Waals surface area contributed by atoms with Crippen LogP contribution in [0.5, 0.6) is 0 Å². The molecule has 7 heavy (non-hydrogen) atoms. The lowest BCUT2D eigenvalue weighted by molar-refractivity contribution is 1.08. The van der Waals surface area contributed by atoms with E-state index in [2.05, 4.69) is 10.2 Å². The molecule has 2 nitrogen and oxygen atoms in total. The first kappa shape index (κ1) is 4.12. The maximum absolute atomic E-state index is 5.09. The zero-order valence-corrected chi connectivity index (χ0v) is 3.76. The quantitative estimate of drug-likeness (QED) is 0.548. The van der Waals surface area contributed by atoms with Crippen LogP contribution < -0.4 is 0 Å². The number of H-pyrrole nitrogens is 1. The normalized spacial score (nSPS) is 8.57. The van der Waals surface area contributed by atoms with E-state index in [1.807, 2.05) is 0 Å². The van der Waals surface area contributed by atoms with Crippen molar-refractivity contribution >= 4 is 6.08 Å². The topological polar surface area (TPSA) is 28.7 Å². The first-order chi connectivity index (χ1) is 3.43. The van der Waals surface area contributed by atoms with Gasteiger partial charge in [-0.05, 0) is 12.1 Å². The van der Waals surface area contributed by atoms with Crippen LogP contribution in [0.25, 0.3) is 6.08 Å². The Morgan fingerprint density at radius 3 is 3.00 bits per heavy atom. The van der Waals surface area contributed by atoms with Crippen molar-refractivity contribution in [1.82, 2.24) is 10.2 Å². The van der Waals surface area contributed by atoms with Gasteiger partial charge in [0.1, 0.15) is 0 Å². The highest BCUT2D eigenvalue weighted by Crippen LogP contribution is 1.89. The monoisotopic (exact) mass is 93.0 g/mol. The predicted octanol–water partition coefficient (Wildman–Crippen LogP) is 0.856. The molecule has 0 unspecified atom stereocenters. The maximum Gasteiger partial charge on any atom is 0.0848 e. The zero-order chi connectivity index (χ0) is 5.11. The van der Waals surface area contributed by atoms with Crippen molar-refractivity contribution in [3.05, 3.63) is 24.5 Å². The van der Waals surface area contributed by atoms with Gasteiger partial charge in [0, 0.05) is 6.20 Å². The van der Waals surface area contributed by atoms with Gasteiger partial charge in [0.2, 0.25) is 0 Å². The molecule has 0 fully saturated rings. The van der Waals surface area contributed by atoms with E-state index < -0.39 is 0 Å². The van der Waals surface area contributed by atoms with E-state index in [0.29, 0.717) is 0 Å². The summed E-state index contributed by atoms with van der Waals surface area (Å²) in [6.45, 7) is 5.09. The number of hydrogen-bond donors (Lipinski definition) is 1. The fraction of sp³-hybridized carbons (Fsp3) is 0. The molecular formula is C5H5N2. The van der Waals surface area contributed by atoms with Crippen LogP contribution in [0.1, 0.15) is 5.69 Å². The molecule has 0 amide bonds. The van der Waals surface area contributed by atoms with Crippen LogP contribution in [0.4, 0.5) is 0 Å². The van der Waals surface area contributed by atoms with Gasteiger partial charge in [-0.25, -0.2) is 0 Å². The van der Waals surface area contributed by atoms with Gasteiger partial charge < -0.3 is 0 Å². The Balaban J connectivity index is 2.96. The molecule has 0 spiro atoms. The first-order valence-electron chi connectivity index (χ1n) is 1.98. The first-order valence-corrected chi connectivity index (χ1v) is 1.98. The average molecular weight is 93.1 g/mol. The molecule has 0 aromatic carbocycles. The molecule has 1 heterocycles. The summed E-state index contributed by atoms with van der Waals surface area (Å²) in [5.41, 5.74) is 0.778. The number of aromatic amines is 1. The molecule has 0 aliphatic carbocycles. The lowest BCUT2D eigenvalue weighted by Crippen LogP contribution is -1.66. The largest absolute Gasteiger partial charge is 0.285 e. The van der Waals surface area contributed by atoms with Crippen molar-refractivity contribution in [3.63, 3.8) is 0 Å². The van der Waals surface area contributed by atoms with E-state index >= 15 is 0 Å². The van der Waals surface area contributed by atoms with Crippen molar-refractivity contribution in [1.29, 1.82) is 0 Å². The molecule has 1 N–H and O–H groups in total. The highest BCUT2D eigenvalue weighted by molar-refractivity contribution is 5.37. The summed E-state index contributed by atoms with van der Waals surface area (Å²) in [5.74, 6) is 0. The van der Waals surface area contributed by atoms with Gasteiger partial charge in [0.05, 0.1) is 5.69 Å². The van der Waals surface area contributed by atoms with Crippen LogP contribution in [0, 0.1) is 6.58 Å². The minimum Gasteiger partial charge on any atom is -0.285 e. The summed E-state index contributed by atoms with van der Waals surface area (Å²) in [7, 11) is 0. The highest BCUT2D eigenvalue weighted by atomic mass is 15.1. The summed E-state index contributed by atoms with van der Waals surface area (Å²) in [5, 5.41) is 6.35. The third-order valence-electron chi connectivity index (χ3n) is 0.693. The number of hydrogen-bond acceptors (Lipinski definition) is 1. The number of rotatable bonds is 1. The Morgan fingerprint density at radius 2 is 2.71 bits per heavy atom. The van der Waals surface area contributed by atoms with Crippen LogP contribution in [0.15, 0.2) is 12.3 Å². The molecule has 1 radical (unpaired) electrons. The molecule has 1 aromatic heterocycles. The number of nitrogens with one attached hydrogen (secondary N) is 1. The summed E-state index contributed by atoms with van der Waals surface area (Å²) >= 11 is 0. The van der Waals surface area contributed by atoms with E-state index in [4.69, 9.17) is 6.58 Å². The second-order valence-corrected chi connectivity index (χ2v) is 1.17. The van der Waals surface area contributed by atoms with Crippen molar-refractivity contribution in [2.24, 2.45) is 0 Å². The van der Waals surface area contributed by atoms with E-state index in [0.717, 1.165) is 5.69 Å². The molecule has 35 valence electrons. The maximum atomic E-state index is 5.09. The standard InChI is InChI=1S/C5H5N2/c1-2-5-3-4-6-7-5/h1-4H,(H,6,7). The molecule has 0 saturated carbocycles. The minimum atomic E-state index is 0.778. The van der Waals surface area contributed by atoms with Crippen LogP contribution in [0.2, 0.25) is 0 Å². The molecule has 0 saturated heterocycles. The zero-order valence-electron chi connectivity index (χ0n) is 3.76. The molecule has 0 aliphatic rings. The predicted molar refractivity (Wildman–Crippen MR) is 27.4 cm³/mol. The van der Waals surface area contributed by atoms with E-state index in [1.165, 1.54) is 6.08 Å². The molecular weight excluding hydrogens is 88.1 g/mol. The second-order valence-electron chi connectivity index (χ2n) is 1.17. The Kier molecular flexibility index (Phi) is 0.941. The Morgan fingerprint density at radius 1 is 1.86 bits per heavy atom. The molecule has 1 aromatic rings. The summed E-state index contributed by atoms with van der Waals surface area (Å²) in [6.07, 6.45) is 3.16. The molecule has 2 heteroatoms. The fourth-order valence-electron chi connectivity index (χ4n) is 0.365. The van der Waals surface area contributed by atoms with Gasteiger partial charge in [-0.2, -0.15) is 5.10 Å². The summed E-state index contributed by atoms with van der Waals surface area (Å²) in [6, 6.07) is 1.79. The van der Waals surface area contributed by atoms with Gasteiger partial charge in [0.15, 0.2) is 0 Å². The lowest BCUT2D eigenvalue weighted by Gasteiger charge is -1.69. The fourth-order valence-corrected chi connectivity index (χ4v) is 0.365. The average Bonchev–Trinajstić information content (AvgIpc) is 2.14. The SMILES string of the molecule is [CH]=Cc1cc[nH]n1. The van der Waals surface area contributed by atoms with Gasteiger partial charge in [-0.15, -0.1) is 0 Å². The van der Waals surface area contributed by atoms with Gasteiger partial charge in [0.25, 0.3) is 0 Å². The second kappa shape index (κ2) is 1.60. The van der Waals surface area contributed by atoms with E-state index in [-0.39, 0.29) is 0 Å². The van der Waals surface area contributed by atoms with Crippen LogP contribution in [-0.4, -0.2) is 10.2 Å². The summed E-state index contributed by atoms with van der Waals surface area (Å²) in [4.78, 5) is 0. The van der Waals surface area contributed by atoms with Crippen molar-refractivity contribution in [2.75, 3.05) is 0 Å². The molecule has 1 rings (SSSR count). The number of aromatic nitrogens is 2. The van der Waals surface area contributed by atoms with Crippen molar-refractivity contribution < 1.29 is 0 Å². The third kappa shape index (κ3) is 0.682. The van der Waals surface area contributed by atoms with Crippen LogP contribution >= 0.6 is 0 Å². The van der Waals surface area contributed by atoms with E-state index in [1.54, 1.807) is 12.3 Å². The van der Waals surface area contributed by atoms with Crippen LogP contribution in [-0.2, 0) is 0 Å². The van der Waals surface area contributed by atoms with Gasteiger partial charge >= 0.3 is 0 Å². The molecule has 0 aliphatic heterocycles. The smallest absolute Gasteiger partial charge is 0.0848 e. The minimum absolute atomic E-state index is 0.778. The Hall–Kier alpha value is -1.05. The van der Waals surface area contributed by atoms with Gasteiger partial charge in [-0.3, -0.25) is 5.10 Å². The van der Waals surface area contributed by atoms with Crippen LogP contribution in [0.3, 0.4) is 0 Å². The van der Waals surface area contributed by atoms with Crippen molar-refractivity contribution in [3.8, 4) is 0 Å². The Labute approximate surface area is 41.9 Å². The van der Waals surface area contributed by atoms with Crippen molar-refractivity contribution in [2.45, 2.75) is 0 Å². The van der Waals surface area contributed by atoms with E-state index in [9.17, 15) is 0 Å². The van der Waals surface area contributed by atoms with Gasteiger partial charge in [-0.1, -0.05) is 6.58 Å². The third-order valence-corrected chi connectivity index (χ3v) is 0.693. The molecule has 0 bridgehead atoms. The highest BCUT2D eigenvalue weighted by Gasteiger charge is 1.79. The number of nitrogens with zero attached hydrogens (tertiary/aromatic N) is 1. The Bertz CT molecular complexity index is 141.